The van der Waals surface area contributed by atoms with Crippen LogP contribution in [0, 0.1) is 0 Å². The number of hydrogen-bond acceptors (Lipinski definition) is 4. The third kappa shape index (κ3) is 4.47. The van der Waals surface area contributed by atoms with E-state index in [9.17, 15) is 9.59 Å². The quantitative estimate of drug-likeness (QED) is 0.856. The highest BCUT2D eigenvalue weighted by molar-refractivity contribution is 7.10. The van der Waals surface area contributed by atoms with Crippen molar-refractivity contribution in [3.05, 3.63) is 51.7 Å². The first-order valence-corrected chi connectivity index (χ1v) is 7.26. The van der Waals surface area contributed by atoms with Crippen molar-refractivity contribution in [1.29, 1.82) is 0 Å². The third-order valence-electron chi connectivity index (χ3n) is 2.55. The van der Waals surface area contributed by atoms with E-state index in [0.717, 1.165) is 0 Å². The van der Waals surface area contributed by atoms with Crippen LogP contribution >= 0.6 is 22.9 Å². The van der Waals surface area contributed by atoms with E-state index >= 15 is 0 Å². The lowest BCUT2D eigenvalue weighted by molar-refractivity contribution is -0.142. The van der Waals surface area contributed by atoms with Crippen LogP contribution in [0.2, 0.25) is 5.02 Å². The van der Waals surface area contributed by atoms with E-state index in [1.165, 1.54) is 11.3 Å². The highest BCUT2D eigenvalue weighted by Gasteiger charge is 2.23. The number of aliphatic carboxylic acids is 1. The summed E-state index contributed by atoms with van der Waals surface area (Å²) in [5.41, 5.74) is 0. The van der Waals surface area contributed by atoms with Crippen molar-refractivity contribution in [2.75, 3.05) is 6.61 Å². The molecule has 0 saturated carbocycles. The second-order valence-corrected chi connectivity index (χ2v) is 5.52. The molecular weight excluding hydrogens is 314 g/mol. The van der Waals surface area contributed by atoms with Crippen LogP contribution < -0.4 is 10.1 Å². The average molecular weight is 326 g/mol. The van der Waals surface area contributed by atoms with Gasteiger partial charge in [0.05, 0.1) is 0 Å². The van der Waals surface area contributed by atoms with Crippen LogP contribution in [0.15, 0.2) is 41.8 Å². The molecule has 1 unspecified atom stereocenters. The fourth-order valence-electron chi connectivity index (χ4n) is 1.62. The summed E-state index contributed by atoms with van der Waals surface area (Å²) in [6, 6.07) is 8.93. The van der Waals surface area contributed by atoms with Gasteiger partial charge in [0, 0.05) is 9.90 Å². The first-order valence-electron chi connectivity index (χ1n) is 6.00. The predicted molar refractivity (Wildman–Crippen MR) is 79.8 cm³/mol. The highest BCUT2D eigenvalue weighted by atomic mass is 35.5. The minimum Gasteiger partial charge on any atom is -0.484 e. The van der Waals surface area contributed by atoms with E-state index in [4.69, 9.17) is 21.4 Å². The Labute approximate surface area is 130 Å². The first kappa shape index (κ1) is 15.3. The van der Waals surface area contributed by atoms with Crippen molar-refractivity contribution in [2.45, 2.75) is 6.04 Å². The zero-order chi connectivity index (χ0) is 15.2. The van der Waals surface area contributed by atoms with Crippen LogP contribution in [0.1, 0.15) is 10.9 Å². The van der Waals surface area contributed by atoms with Gasteiger partial charge in [-0.1, -0.05) is 23.7 Å². The summed E-state index contributed by atoms with van der Waals surface area (Å²) in [5, 5.41) is 13.8. The predicted octanol–water partition coefficient (Wildman–Crippen LogP) is 2.72. The Balaban J connectivity index is 1.92. The maximum Gasteiger partial charge on any atom is 0.331 e. The fraction of sp³-hybridized carbons (Fsp3) is 0.143. The molecule has 2 aromatic rings. The molecule has 0 saturated heterocycles. The van der Waals surface area contributed by atoms with Crippen LogP contribution in [0.3, 0.4) is 0 Å². The Morgan fingerprint density at radius 2 is 2.14 bits per heavy atom. The van der Waals surface area contributed by atoms with Crippen molar-refractivity contribution in [3.63, 3.8) is 0 Å². The number of benzene rings is 1. The summed E-state index contributed by atoms with van der Waals surface area (Å²) in [6.07, 6.45) is 0. The number of thiophene rings is 1. The van der Waals surface area contributed by atoms with Gasteiger partial charge in [0.25, 0.3) is 5.91 Å². The molecule has 1 amide bonds. The molecule has 0 bridgehead atoms. The van der Waals surface area contributed by atoms with Gasteiger partial charge in [-0.2, -0.15) is 0 Å². The molecule has 0 aliphatic rings. The lowest BCUT2D eigenvalue weighted by Crippen LogP contribution is -2.36. The summed E-state index contributed by atoms with van der Waals surface area (Å²) in [7, 11) is 0. The standard InChI is InChI=1S/C14H12ClNO4S/c15-9-3-1-4-10(7-9)20-8-12(17)16-13(14(18)19)11-5-2-6-21-11/h1-7,13H,8H2,(H,16,17)(H,18,19). The minimum atomic E-state index is -1.12. The molecule has 1 heterocycles. The number of halogens is 1. The Hall–Kier alpha value is -2.05. The van der Waals surface area contributed by atoms with Gasteiger partial charge in [0.1, 0.15) is 5.75 Å². The van der Waals surface area contributed by atoms with Crippen molar-refractivity contribution in [3.8, 4) is 5.75 Å². The maximum absolute atomic E-state index is 11.8. The first-order chi connectivity index (χ1) is 10.1. The monoisotopic (exact) mass is 325 g/mol. The molecule has 1 aromatic heterocycles. The van der Waals surface area contributed by atoms with E-state index in [2.05, 4.69) is 5.32 Å². The van der Waals surface area contributed by atoms with Gasteiger partial charge in [-0.3, -0.25) is 4.79 Å². The van der Waals surface area contributed by atoms with Crippen LogP contribution in [0.5, 0.6) is 5.75 Å². The number of nitrogens with one attached hydrogen (secondary N) is 1. The number of carboxylic acids is 1. The fourth-order valence-corrected chi connectivity index (χ4v) is 2.57. The molecule has 0 fully saturated rings. The van der Waals surface area contributed by atoms with Gasteiger partial charge in [-0.05, 0) is 29.6 Å². The van der Waals surface area contributed by atoms with Gasteiger partial charge in [0.2, 0.25) is 0 Å². The highest BCUT2D eigenvalue weighted by Crippen LogP contribution is 2.19. The van der Waals surface area contributed by atoms with Gasteiger partial charge >= 0.3 is 5.97 Å². The SMILES string of the molecule is O=C(COc1cccc(Cl)c1)NC(C(=O)O)c1cccs1. The van der Waals surface area contributed by atoms with E-state index in [1.54, 1.807) is 41.8 Å². The van der Waals surface area contributed by atoms with E-state index in [1.807, 2.05) is 0 Å². The molecule has 2 rings (SSSR count). The van der Waals surface area contributed by atoms with E-state index < -0.39 is 17.9 Å². The van der Waals surface area contributed by atoms with Crippen molar-refractivity contribution >= 4 is 34.8 Å². The molecule has 0 radical (unpaired) electrons. The van der Waals surface area contributed by atoms with Crippen LogP contribution in [-0.2, 0) is 9.59 Å². The number of carbonyl (C=O) groups is 2. The van der Waals surface area contributed by atoms with Gasteiger partial charge in [-0.25, -0.2) is 4.79 Å². The molecule has 5 nitrogen and oxygen atoms in total. The van der Waals surface area contributed by atoms with Gasteiger partial charge in [0.15, 0.2) is 12.6 Å². The van der Waals surface area contributed by atoms with Crippen LogP contribution in [-0.4, -0.2) is 23.6 Å². The maximum atomic E-state index is 11.8. The van der Waals surface area contributed by atoms with Crippen LogP contribution in [0.25, 0.3) is 0 Å². The number of carboxylic acid groups (broad SMARTS) is 1. The van der Waals surface area contributed by atoms with Gasteiger partial charge in [-0.15, -0.1) is 11.3 Å². The molecule has 1 aromatic carbocycles. The van der Waals surface area contributed by atoms with E-state index in [0.29, 0.717) is 15.6 Å². The number of rotatable bonds is 6. The summed E-state index contributed by atoms with van der Waals surface area (Å²) >= 11 is 7.06. The Morgan fingerprint density at radius 1 is 1.33 bits per heavy atom. The lowest BCUT2D eigenvalue weighted by atomic mass is 10.2. The molecular formula is C14H12ClNO4S. The Kier molecular flexibility index (Phi) is 5.19. The summed E-state index contributed by atoms with van der Waals surface area (Å²) in [4.78, 5) is 23.5. The summed E-state index contributed by atoms with van der Waals surface area (Å²) in [6.45, 7) is -0.282. The minimum absolute atomic E-state index is 0.282. The molecule has 0 aliphatic heterocycles. The molecule has 0 spiro atoms. The molecule has 110 valence electrons. The smallest absolute Gasteiger partial charge is 0.331 e. The number of carbonyl (C=O) groups excluding carboxylic acids is 1. The second-order valence-electron chi connectivity index (χ2n) is 4.10. The van der Waals surface area contributed by atoms with E-state index in [-0.39, 0.29) is 6.61 Å². The van der Waals surface area contributed by atoms with Crippen molar-refractivity contribution in [1.82, 2.24) is 5.32 Å². The molecule has 1 atom stereocenters. The van der Waals surface area contributed by atoms with Crippen molar-refractivity contribution < 1.29 is 19.4 Å². The average Bonchev–Trinajstić information content (AvgIpc) is 2.96. The van der Waals surface area contributed by atoms with Crippen molar-refractivity contribution in [2.24, 2.45) is 0 Å². The second kappa shape index (κ2) is 7.10. The third-order valence-corrected chi connectivity index (χ3v) is 3.72. The normalized spacial score (nSPS) is 11.7. The molecule has 0 aliphatic carbocycles. The van der Waals surface area contributed by atoms with Crippen LogP contribution in [0.4, 0.5) is 0 Å². The Bertz CT molecular complexity index is 630. The Morgan fingerprint density at radius 3 is 2.76 bits per heavy atom. The summed E-state index contributed by atoms with van der Waals surface area (Å²) in [5.74, 6) is -1.19. The van der Waals surface area contributed by atoms with Gasteiger partial charge < -0.3 is 15.2 Å². The number of ether oxygens (including phenoxy) is 1. The number of amides is 1. The molecule has 21 heavy (non-hydrogen) atoms. The lowest BCUT2D eigenvalue weighted by Gasteiger charge is -2.13. The zero-order valence-electron chi connectivity index (χ0n) is 10.8. The molecule has 7 heteroatoms. The summed E-state index contributed by atoms with van der Waals surface area (Å²) < 4.78 is 5.26. The number of hydrogen-bond donors (Lipinski definition) is 2. The molecule has 2 N–H and O–H groups in total. The zero-order valence-corrected chi connectivity index (χ0v) is 12.4. The topological polar surface area (TPSA) is 75.6 Å². The largest absolute Gasteiger partial charge is 0.484 e.